The third-order valence-corrected chi connectivity index (χ3v) is 3.49. The van der Waals surface area contributed by atoms with E-state index in [-0.39, 0.29) is 33.8 Å². The number of hydrogen-bond acceptors (Lipinski definition) is 4. The molecule has 0 bridgehead atoms. The van der Waals surface area contributed by atoms with Gasteiger partial charge in [-0.1, -0.05) is 29.3 Å². The van der Waals surface area contributed by atoms with Crippen LogP contribution in [0.4, 0.5) is 24.7 Å². The summed E-state index contributed by atoms with van der Waals surface area (Å²) in [5.41, 5.74) is -1.53. The number of hydrogen-bond donors (Lipinski definition) is 1. The van der Waals surface area contributed by atoms with Crippen molar-refractivity contribution in [1.29, 1.82) is 0 Å². The maximum Gasteiger partial charge on any atom is 0.416 e. The molecule has 1 aromatic carbocycles. The third kappa shape index (κ3) is 3.46. The molecule has 0 aliphatic heterocycles. The SMILES string of the molecule is C=CCNc1c([N+](=O)[O-])cnn1-c1c(Cl)cc(C(F)(F)F)cc1Cl. The Morgan fingerprint density at radius 1 is 1.38 bits per heavy atom. The molecule has 0 amide bonds. The van der Waals surface area contributed by atoms with Crippen LogP contribution in [0.2, 0.25) is 10.0 Å². The lowest BCUT2D eigenvalue weighted by molar-refractivity contribution is -0.384. The number of aromatic nitrogens is 2. The average Bonchev–Trinajstić information content (AvgIpc) is 2.87. The van der Waals surface area contributed by atoms with Gasteiger partial charge >= 0.3 is 11.9 Å². The maximum atomic E-state index is 12.8. The molecule has 0 aliphatic rings. The van der Waals surface area contributed by atoms with E-state index in [0.717, 1.165) is 10.9 Å². The van der Waals surface area contributed by atoms with Gasteiger partial charge in [0.1, 0.15) is 11.9 Å². The fourth-order valence-electron chi connectivity index (χ4n) is 1.91. The smallest absolute Gasteiger partial charge is 0.361 e. The monoisotopic (exact) mass is 380 g/mol. The Labute approximate surface area is 143 Å². The molecule has 0 fully saturated rings. The summed E-state index contributed by atoms with van der Waals surface area (Å²) in [6, 6.07) is 1.35. The zero-order valence-electron chi connectivity index (χ0n) is 11.8. The summed E-state index contributed by atoms with van der Waals surface area (Å²) < 4.78 is 39.3. The summed E-state index contributed by atoms with van der Waals surface area (Å²) in [4.78, 5) is 10.4. The highest BCUT2D eigenvalue weighted by atomic mass is 35.5. The number of alkyl halides is 3. The normalized spacial score (nSPS) is 11.4. The number of benzene rings is 1. The summed E-state index contributed by atoms with van der Waals surface area (Å²) in [6.07, 6.45) is -2.25. The molecule has 0 aliphatic carbocycles. The lowest BCUT2D eigenvalue weighted by Crippen LogP contribution is -2.10. The van der Waals surface area contributed by atoms with E-state index < -0.39 is 16.7 Å². The Hall–Kier alpha value is -2.26. The van der Waals surface area contributed by atoms with E-state index in [4.69, 9.17) is 23.2 Å². The van der Waals surface area contributed by atoms with Crippen LogP contribution in [-0.2, 0) is 6.18 Å². The predicted octanol–water partition coefficient (Wildman–Crippen LogP) is 4.70. The highest BCUT2D eigenvalue weighted by Crippen LogP contribution is 2.39. The Kier molecular flexibility index (Phi) is 5.05. The lowest BCUT2D eigenvalue weighted by atomic mass is 10.2. The van der Waals surface area contributed by atoms with E-state index >= 15 is 0 Å². The topological polar surface area (TPSA) is 73.0 Å². The standard InChI is InChI=1S/C13H9Cl2F3N4O2/c1-2-3-19-12-10(22(23)24)6-20-21(12)11-8(14)4-7(5-9(11)15)13(16,17)18/h2,4-6,19H,1,3H2. The average molecular weight is 381 g/mol. The molecule has 0 atom stereocenters. The minimum Gasteiger partial charge on any atom is -0.361 e. The van der Waals surface area contributed by atoms with Crippen LogP contribution >= 0.6 is 23.2 Å². The molecule has 128 valence electrons. The molecule has 2 aromatic rings. The van der Waals surface area contributed by atoms with Gasteiger partial charge in [0.25, 0.3) is 0 Å². The molecule has 0 spiro atoms. The van der Waals surface area contributed by atoms with E-state index in [1.54, 1.807) is 0 Å². The Morgan fingerprint density at radius 2 is 1.96 bits per heavy atom. The zero-order valence-corrected chi connectivity index (χ0v) is 13.3. The Bertz CT molecular complexity index is 782. The van der Waals surface area contributed by atoms with Crippen molar-refractivity contribution in [1.82, 2.24) is 9.78 Å². The van der Waals surface area contributed by atoms with Gasteiger partial charge in [0.15, 0.2) is 0 Å². The van der Waals surface area contributed by atoms with Gasteiger partial charge in [-0.2, -0.15) is 18.3 Å². The van der Waals surface area contributed by atoms with Crippen LogP contribution in [0, 0.1) is 10.1 Å². The molecule has 0 radical (unpaired) electrons. The zero-order chi connectivity index (χ0) is 18.1. The molecular weight excluding hydrogens is 372 g/mol. The summed E-state index contributed by atoms with van der Waals surface area (Å²) in [7, 11) is 0. The predicted molar refractivity (Wildman–Crippen MR) is 83.9 cm³/mol. The van der Waals surface area contributed by atoms with Crippen LogP contribution in [0.25, 0.3) is 5.69 Å². The van der Waals surface area contributed by atoms with Crippen molar-refractivity contribution in [2.75, 3.05) is 11.9 Å². The van der Waals surface area contributed by atoms with Gasteiger partial charge in [0, 0.05) is 6.54 Å². The van der Waals surface area contributed by atoms with Crippen LogP contribution in [0.1, 0.15) is 5.56 Å². The van der Waals surface area contributed by atoms with Crippen LogP contribution in [0.5, 0.6) is 0 Å². The first-order valence-corrected chi connectivity index (χ1v) is 7.06. The Morgan fingerprint density at radius 3 is 2.42 bits per heavy atom. The second kappa shape index (κ2) is 6.70. The highest BCUT2D eigenvalue weighted by Gasteiger charge is 2.33. The molecule has 11 heteroatoms. The minimum atomic E-state index is -4.63. The summed E-state index contributed by atoms with van der Waals surface area (Å²) in [5.74, 6) is -0.0801. The second-order valence-corrected chi connectivity index (χ2v) is 5.32. The molecule has 6 nitrogen and oxygen atoms in total. The lowest BCUT2D eigenvalue weighted by Gasteiger charge is -2.14. The summed E-state index contributed by atoms with van der Waals surface area (Å²) >= 11 is 11.8. The molecule has 2 rings (SSSR count). The Balaban J connectivity index is 2.64. The van der Waals surface area contributed by atoms with Gasteiger partial charge in [-0.25, -0.2) is 4.68 Å². The van der Waals surface area contributed by atoms with Gasteiger partial charge < -0.3 is 5.32 Å². The first-order chi connectivity index (χ1) is 11.2. The van der Waals surface area contributed by atoms with Gasteiger partial charge in [0.2, 0.25) is 5.82 Å². The fourth-order valence-corrected chi connectivity index (χ4v) is 2.56. The van der Waals surface area contributed by atoms with Gasteiger partial charge in [-0.3, -0.25) is 10.1 Å². The van der Waals surface area contributed by atoms with Gasteiger partial charge in [0.05, 0.1) is 20.5 Å². The number of nitrogens with one attached hydrogen (secondary N) is 1. The van der Waals surface area contributed by atoms with Crippen LogP contribution in [0.15, 0.2) is 31.0 Å². The largest absolute Gasteiger partial charge is 0.416 e. The van der Waals surface area contributed by atoms with Crippen molar-refractivity contribution >= 4 is 34.7 Å². The molecule has 1 N–H and O–H groups in total. The minimum absolute atomic E-state index is 0.0801. The number of anilines is 1. The van der Waals surface area contributed by atoms with Gasteiger partial charge in [-0.15, -0.1) is 6.58 Å². The molecule has 1 aromatic heterocycles. The van der Waals surface area contributed by atoms with E-state index in [9.17, 15) is 23.3 Å². The number of halogens is 5. The molecule has 0 unspecified atom stereocenters. The van der Waals surface area contributed by atoms with Crippen molar-refractivity contribution in [3.63, 3.8) is 0 Å². The molecule has 1 heterocycles. The van der Waals surface area contributed by atoms with Crippen LogP contribution in [-0.4, -0.2) is 21.2 Å². The van der Waals surface area contributed by atoms with Crippen molar-refractivity contribution in [3.8, 4) is 5.69 Å². The molecule has 24 heavy (non-hydrogen) atoms. The number of nitrogens with zero attached hydrogens (tertiary/aromatic N) is 3. The van der Waals surface area contributed by atoms with Crippen molar-refractivity contribution in [2.45, 2.75) is 6.18 Å². The van der Waals surface area contributed by atoms with Crippen molar-refractivity contribution in [2.24, 2.45) is 0 Å². The molecule has 0 saturated carbocycles. The van der Waals surface area contributed by atoms with E-state index in [2.05, 4.69) is 17.0 Å². The second-order valence-electron chi connectivity index (χ2n) is 4.50. The highest BCUT2D eigenvalue weighted by molar-refractivity contribution is 6.38. The number of rotatable bonds is 5. The maximum absolute atomic E-state index is 12.8. The van der Waals surface area contributed by atoms with E-state index in [0.29, 0.717) is 12.1 Å². The van der Waals surface area contributed by atoms with Crippen molar-refractivity contribution < 1.29 is 18.1 Å². The summed E-state index contributed by atoms with van der Waals surface area (Å²) in [5, 5.41) is 16.8. The van der Waals surface area contributed by atoms with E-state index in [1.165, 1.54) is 6.08 Å². The number of nitro groups is 1. The van der Waals surface area contributed by atoms with Gasteiger partial charge in [-0.05, 0) is 12.1 Å². The van der Waals surface area contributed by atoms with E-state index in [1.807, 2.05) is 0 Å². The fraction of sp³-hybridized carbons (Fsp3) is 0.154. The molecule has 0 saturated heterocycles. The third-order valence-electron chi connectivity index (χ3n) is 2.92. The first-order valence-electron chi connectivity index (χ1n) is 6.30. The summed E-state index contributed by atoms with van der Waals surface area (Å²) in [6.45, 7) is 3.63. The van der Waals surface area contributed by atoms with Crippen LogP contribution < -0.4 is 5.32 Å². The van der Waals surface area contributed by atoms with Crippen LogP contribution in [0.3, 0.4) is 0 Å². The molecular formula is C13H9Cl2F3N4O2. The quantitative estimate of drug-likeness (QED) is 0.463. The van der Waals surface area contributed by atoms with Crippen molar-refractivity contribution in [3.05, 3.63) is 56.7 Å². The first kappa shape index (κ1) is 18.1.